The summed E-state index contributed by atoms with van der Waals surface area (Å²) in [4.78, 5) is 10.6. The Morgan fingerprint density at radius 1 is 1.50 bits per heavy atom. The number of hydrogen-bond donors (Lipinski definition) is 1. The van der Waals surface area contributed by atoms with E-state index in [1.807, 2.05) is 0 Å². The van der Waals surface area contributed by atoms with E-state index in [0.29, 0.717) is 6.42 Å². The highest BCUT2D eigenvalue weighted by molar-refractivity contribution is 7.90. The molecule has 2 atom stereocenters. The molecule has 2 unspecified atom stereocenters. The number of carbonyl (C=O) groups is 1. The summed E-state index contributed by atoms with van der Waals surface area (Å²) in [6, 6.07) is 1.18. The molecule has 0 heterocycles. The van der Waals surface area contributed by atoms with E-state index in [1.165, 1.54) is 6.92 Å². The van der Waals surface area contributed by atoms with Crippen LogP contribution in [0, 0.1) is 11.3 Å². The van der Waals surface area contributed by atoms with Gasteiger partial charge in [-0.05, 0) is 20.3 Å². The molecule has 0 fully saturated rings. The van der Waals surface area contributed by atoms with Gasteiger partial charge in [-0.3, -0.25) is 4.79 Å². The lowest BCUT2D eigenvalue weighted by Gasteiger charge is -2.26. The number of hydrogen-bond acceptors (Lipinski definition) is 4. The fourth-order valence-electron chi connectivity index (χ4n) is 1.10. The van der Waals surface area contributed by atoms with Gasteiger partial charge in [0.1, 0.15) is 6.54 Å². The third kappa shape index (κ3) is 3.47. The number of rotatable bonds is 6. The largest absolute Gasteiger partial charge is 0.480 e. The van der Waals surface area contributed by atoms with Crippen LogP contribution in [0.1, 0.15) is 27.2 Å². The Kier molecular flexibility index (Phi) is 5.41. The van der Waals surface area contributed by atoms with E-state index < -0.39 is 33.8 Å². The summed E-state index contributed by atoms with van der Waals surface area (Å²) in [5.74, 6) is -1.23. The Morgan fingerprint density at radius 3 is 2.31 bits per heavy atom. The van der Waals surface area contributed by atoms with Gasteiger partial charge in [-0.15, -0.1) is 0 Å². The number of nitriles is 1. The second-order valence-electron chi connectivity index (χ2n) is 3.51. The molecule has 0 amide bonds. The van der Waals surface area contributed by atoms with Gasteiger partial charge >= 0.3 is 5.97 Å². The van der Waals surface area contributed by atoms with E-state index in [4.69, 9.17) is 10.4 Å². The maximum atomic E-state index is 11.8. The van der Waals surface area contributed by atoms with Crippen molar-refractivity contribution in [3.8, 4) is 6.07 Å². The fraction of sp³-hybridized carbons (Fsp3) is 0.778. The highest BCUT2D eigenvalue weighted by atomic mass is 32.2. The summed E-state index contributed by atoms with van der Waals surface area (Å²) < 4.78 is 24.5. The van der Waals surface area contributed by atoms with Gasteiger partial charge in [0.05, 0.1) is 6.07 Å². The minimum Gasteiger partial charge on any atom is -0.480 e. The first-order valence-corrected chi connectivity index (χ1v) is 6.39. The maximum absolute atomic E-state index is 11.8. The van der Waals surface area contributed by atoms with Crippen molar-refractivity contribution >= 4 is 16.0 Å². The lowest BCUT2D eigenvalue weighted by molar-refractivity contribution is -0.137. The molecular formula is C9H16N2O4S. The predicted molar refractivity (Wildman–Crippen MR) is 58.1 cm³/mol. The Labute approximate surface area is 95.5 Å². The molecule has 0 aliphatic rings. The van der Waals surface area contributed by atoms with Crippen molar-refractivity contribution < 1.29 is 18.3 Å². The zero-order valence-electron chi connectivity index (χ0n) is 9.54. The van der Waals surface area contributed by atoms with E-state index in [-0.39, 0.29) is 0 Å². The Balaban J connectivity index is 5.19. The average Bonchev–Trinajstić information content (AvgIpc) is 2.23. The van der Waals surface area contributed by atoms with Crippen LogP contribution in [0.5, 0.6) is 0 Å². The quantitative estimate of drug-likeness (QED) is 0.734. The van der Waals surface area contributed by atoms with E-state index in [0.717, 1.165) is 4.31 Å². The van der Waals surface area contributed by atoms with Gasteiger partial charge in [-0.2, -0.15) is 9.57 Å². The summed E-state index contributed by atoms with van der Waals surface area (Å²) in [6.07, 6.45) is 0.491. The van der Waals surface area contributed by atoms with Gasteiger partial charge in [0.2, 0.25) is 10.0 Å². The third-order valence-corrected chi connectivity index (χ3v) is 4.47. The second-order valence-corrected chi connectivity index (χ2v) is 5.72. The predicted octanol–water partition coefficient (Wildman–Crippen LogP) is 0.413. The Hall–Kier alpha value is -1.13. The van der Waals surface area contributed by atoms with Crippen LogP contribution in [0.3, 0.4) is 0 Å². The van der Waals surface area contributed by atoms with Crippen LogP contribution in [0.4, 0.5) is 0 Å². The zero-order valence-corrected chi connectivity index (χ0v) is 10.4. The SMILES string of the molecule is CCC(C)N(CC(=O)O)S(=O)(=O)C(C)C#N. The number of carboxylic acids is 1. The molecular weight excluding hydrogens is 232 g/mol. The number of nitrogens with zero attached hydrogens (tertiary/aromatic N) is 2. The van der Waals surface area contributed by atoms with Gasteiger partial charge in [0.15, 0.2) is 5.25 Å². The van der Waals surface area contributed by atoms with Gasteiger partial charge < -0.3 is 5.11 Å². The summed E-state index contributed by atoms with van der Waals surface area (Å²) >= 11 is 0. The smallest absolute Gasteiger partial charge is 0.318 e. The van der Waals surface area contributed by atoms with E-state index in [1.54, 1.807) is 19.9 Å². The summed E-state index contributed by atoms with van der Waals surface area (Å²) in [5, 5.41) is 16.0. The van der Waals surface area contributed by atoms with Crippen LogP contribution < -0.4 is 0 Å². The van der Waals surface area contributed by atoms with Crippen LogP contribution >= 0.6 is 0 Å². The molecule has 0 radical (unpaired) electrons. The normalized spacial score (nSPS) is 15.4. The van der Waals surface area contributed by atoms with Gasteiger partial charge in [0.25, 0.3) is 0 Å². The van der Waals surface area contributed by atoms with Crippen molar-refractivity contribution in [1.29, 1.82) is 5.26 Å². The van der Waals surface area contributed by atoms with Gasteiger partial charge in [-0.1, -0.05) is 6.92 Å². The molecule has 0 bridgehead atoms. The van der Waals surface area contributed by atoms with Crippen molar-refractivity contribution in [2.45, 2.75) is 38.5 Å². The standard InChI is InChI=1S/C9H16N2O4S/c1-4-7(2)11(6-9(12)13)16(14,15)8(3)5-10/h7-8H,4,6H2,1-3H3,(H,12,13). The van der Waals surface area contributed by atoms with Crippen molar-refractivity contribution in [3.05, 3.63) is 0 Å². The fourth-order valence-corrected chi connectivity index (χ4v) is 2.58. The number of carboxylic acid groups (broad SMARTS) is 1. The van der Waals surface area contributed by atoms with Crippen LogP contribution in [0.15, 0.2) is 0 Å². The Morgan fingerprint density at radius 2 is 2.00 bits per heavy atom. The van der Waals surface area contributed by atoms with Crippen molar-refractivity contribution in [3.63, 3.8) is 0 Å². The lowest BCUT2D eigenvalue weighted by Crippen LogP contribution is -2.45. The van der Waals surface area contributed by atoms with Crippen LogP contribution in [-0.2, 0) is 14.8 Å². The Bertz CT molecular complexity index is 385. The highest BCUT2D eigenvalue weighted by Crippen LogP contribution is 2.14. The number of sulfonamides is 1. The first-order chi connectivity index (χ1) is 7.27. The molecule has 0 aromatic rings. The van der Waals surface area contributed by atoms with Gasteiger partial charge in [-0.25, -0.2) is 8.42 Å². The minimum absolute atomic E-state index is 0.433. The summed E-state index contributed by atoms with van der Waals surface area (Å²) in [5.41, 5.74) is 0. The minimum atomic E-state index is -3.87. The molecule has 1 N–H and O–H groups in total. The topological polar surface area (TPSA) is 98.5 Å². The van der Waals surface area contributed by atoms with Crippen LogP contribution in [0.25, 0.3) is 0 Å². The maximum Gasteiger partial charge on any atom is 0.318 e. The molecule has 0 rings (SSSR count). The van der Waals surface area contributed by atoms with Crippen molar-refractivity contribution in [2.24, 2.45) is 0 Å². The lowest BCUT2D eigenvalue weighted by atomic mass is 10.2. The van der Waals surface area contributed by atoms with E-state index in [2.05, 4.69) is 0 Å². The molecule has 92 valence electrons. The first-order valence-electron chi connectivity index (χ1n) is 4.89. The second kappa shape index (κ2) is 5.82. The number of aliphatic carboxylic acids is 1. The van der Waals surface area contributed by atoms with Crippen LogP contribution in [0.2, 0.25) is 0 Å². The zero-order chi connectivity index (χ0) is 12.9. The molecule has 7 heteroatoms. The molecule has 0 spiro atoms. The van der Waals surface area contributed by atoms with Crippen molar-refractivity contribution in [1.82, 2.24) is 4.31 Å². The molecule has 16 heavy (non-hydrogen) atoms. The monoisotopic (exact) mass is 248 g/mol. The molecule has 0 saturated heterocycles. The molecule has 0 saturated carbocycles. The van der Waals surface area contributed by atoms with E-state index >= 15 is 0 Å². The molecule has 0 aliphatic carbocycles. The molecule has 0 aromatic carbocycles. The van der Waals surface area contributed by atoms with Gasteiger partial charge in [0, 0.05) is 6.04 Å². The molecule has 0 aromatic heterocycles. The summed E-state index contributed by atoms with van der Waals surface area (Å²) in [6.45, 7) is 4.01. The molecule has 6 nitrogen and oxygen atoms in total. The molecule has 0 aliphatic heterocycles. The van der Waals surface area contributed by atoms with Crippen molar-refractivity contribution in [2.75, 3.05) is 6.54 Å². The van der Waals surface area contributed by atoms with E-state index in [9.17, 15) is 13.2 Å². The third-order valence-electron chi connectivity index (χ3n) is 2.33. The summed E-state index contributed by atoms with van der Waals surface area (Å²) in [7, 11) is -3.87. The highest BCUT2D eigenvalue weighted by Gasteiger charge is 2.33. The first kappa shape index (κ1) is 14.9. The average molecular weight is 248 g/mol. The van der Waals surface area contributed by atoms with Crippen LogP contribution in [-0.4, -0.2) is 41.6 Å².